The molecule has 1 aliphatic heterocycles. The molecule has 0 radical (unpaired) electrons. The number of sulfonamides is 1. The number of benzene rings is 1. The van der Waals surface area contributed by atoms with E-state index in [-0.39, 0.29) is 6.04 Å². The standard InChI is InChI=1S/C15H24N2O2S/c1-13-5-7-15(8-6-13)20(18,19)16-14(2)9-12-17-10-3-4-11-17/h5-8,14,16H,3-4,9-12H2,1-2H3. The highest BCUT2D eigenvalue weighted by molar-refractivity contribution is 7.89. The molecule has 1 aromatic carbocycles. The monoisotopic (exact) mass is 296 g/mol. The van der Waals surface area contributed by atoms with Crippen molar-refractivity contribution in [3.8, 4) is 0 Å². The predicted molar refractivity (Wildman–Crippen MR) is 81.3 cm³/mol. The lowest BCUT2D eigenvalue weighted by molar-refractivity contribution is 0.321. The molecule has 0 aromatic heterocycles. The zero-order valence-electron chi connectivity index (χ0n) is 12.3. The van der Waals surface area contributed by atoms with Crippen LogP contribution >= 0.6 is 0 Å². The Morgan fingerprint density at radius 1 is 1.20 bits per heavy atom. The van der Waals surface area contributed by atoms with Gasteiger partial charge in [-0.1, -0.05) is 17.7 Å². The van der Waals surface area contributed by atoms with Crippen LogP contribution in [0.3, 0.4) is 0 Å². The third-order valence-electron chi connectivity index (χ3n) is 3.76. The largest absolute Gasteiger partial charge is 0.303 e. The topological polar surface area (TPSA) is 49.4 Å². The van der Waals surface area contributed by atoms with Crippen molar-refractivity contribution in [3.05, 3.63) is 29.8 Å². The summed E-state index contributed by atoms with van der Waals surface area (Å²) in [5.74, 6) is 0. The molecule has 0 saturated carbocycles. The second-order valence-corrected chi connectivity index (χ2v) is 7.39. The Kier molecular flexibility index (Phi) is 5.18. The molecule has 20 heavy (non-hydrogen) atoms. The summed E-state index contributed by atoms with van der Waals surface area (Å²) < 4.78 is 27.2. The summed E-state index contributed by atoms with van der Waals surface area (Å²) in [5, 5.41) is 0. The molecule has 1 fully saturated rings. The second-order valence-electron chi connectivity index (χ2n) is 5.67. The first-order valence-electron chi connectivity index (χ1n) is 7.29. The third kappa shape index (κ3) is 4.30. The first kappa shape index (κ1) is 15.5. The van der Waals surface area contributed by atoms with Crippen LogP contribution in [0.15, 0.2) is 29.2 Å². The highest BCUT2D eigenvalue weighted by Gasteiger charge is 2.18. The zero-order chi connectivity index (χ0) is 14.6. The number of hydrogen-bond acceptors (Lipinski definition) is 3. The number of rotatable bonds is 6. The Balaban J connectivity index is 1.88. The summed E-state index contributed by atoms with van der Waals surface area (Å²) in [5.41, 5.74) is 1.06. The lowest BCUT2D eigenvalue weighted by Gasteiger charge is -2.19. The van der Waals surface area contributed by atoms with Crippen molar-refractivity contribution >= 4 is 10.0 Å². The molecule has 4 nitrogen and oxygen atoms in total. The Morgan fingerprint density at radius 2 is 1.80 bits per heavy atom. The second kappa shape index (κ2) is 6.70. The fourth-order valence-corrected chi connectivity index (χ4v) is 3.77. The lowest BCUT2D eigenvalue weighted by Crippen LogP contribution is -2.35. The van der Waals surface area contributed by atoms with Gasteiger partial charge in [0.2, 0.25) is 10.0 Å². The summed E-state index contributed by atoms with van der Waals surface area (Å²) in [7, 11) is -3.39. The number of nitrogens with zero attached hydrogens (tertiary/aromatic N) is 1. The van der Waals surface area contributed by atoms with Crippen molar-refractivity contribution < 1.29 is 8.42 Å². The smallest absolute Gasteiger partial charge is 0.240 e. The van der Waals surface area contributed by atoms with Crippen LogP contribution in [0.5, 0.6) is 0 Å². The molecule has 1 aliphatic rings. The number of hydrogen-bond donors (Lipinski definition) is 1. The van der Waals surface area contributed by atoms with E-state index in [1.54, 1.807) is 12.1 Å². The van der Waals surface area contributed by atoms with Gasteiger partial charge in [-0.25, -0.2) is 13.1 Å². The molecule has 1 aromatic rings. The summed E-state index contributed by atoms with van der Waals surface area (Å²) in [6, 6.07) is 6.92. The van der Waals surface area contributed by atoms with E-state index in [9.17, 15) is 8.42 Å². The molecule has 2 rings (SSSR count). The Bertz CT molecular complexity index is 519. The minimum Gasteiger partial charge on any atom is -0.303 e. The molecular weight excluding hydrogens is 272 g/mol. The SMILES string of the molecule is Cc1ccc(S(=O)(=O)NC(C)CCN2CCCC2)cc1. The van der Waals surface area contributed by atoms with E-state index >= 15 is 0 Å². The number of nitrogens with one attached hydrogen (secondary N) is 1. The Morgan fingerprint density at radius 3 is 2.40 bits per heavy atom. The lowest BCUT2D eigenvalue weighted by atomic mass is 10.2. The van der Waals surface area contributed by atoms with Crippen LogP contribution in [0.25, 0.3) is 0 Å². The third-order valence-corrected chi connectivity index (χ3v) is 5.37. The van der Waals surface area contributed by atoms with Crippen molar-refractivity contribution in [2.45, 2.75) is 44.0 Å². The zero-order valence-corrected chi connectivity index (χ0v) is 13.1. The highest BCUT2D eigenvalue weighted by atomic mass is 32.2. The highest BCUT2D eigenvalue weighted by Crippen LogP contribution is 2.12. The predicted octanol–water partition coefficient (Wildman–Crippen LogP) is 2.15. The van der Waals surface area contributed by atoms with Gasteiger partial charge in [-0.15, -0.1) is 0 Å². The Hall–Kier alpha value is -0.910. The molecule has 1 unspecified atom stereocenters. The van der Waals surface area contributed by atoms with Crippen LogP contribution in [0.4, 0.5) is 0 Å². The van der Waals surface area contributed by atoms with Crippen LogP contribution < -0.4 is 4.72 Å². The molecule has 112 valence electrons. The molecule has 5 heteroatoms. The Labute approximate surface area is 122 Å². The van der Waals surface area contributed by atoms with Crippen molar-refractivity contribution in [2.75, 3.05) is 19.6 Å². The number of aryl methyl sites for hydroxylation is 1. The maximum absolute atomic E-state index is 12.2. The summed E-state index contributed by atoms with van der Waals surface area (Å²) in [4.78, 5) is 2.74. The molecule has 0 bridgehead atoms. The van der Waals surface area contributed by atoms with E-state index in [1.807, 2.05) is 26.0 Å². The molecule has 1 saturated heterocycles. The van der Waals surface area contributed by atoms with Gasteiger partial charge in [0, 0.05) is 6.04 Å². The van der Waals surface area contributed by atoms with Gasteiger partial charge in [0.25, 0.3) is 0 Å². The van der Waals surface area contributed by atoms with Crippen LogP contribution in [0.2, 0.25) is 0 Å². The van der Waals surface area contributed by atoms with Crippen LogP contribution in [0, 0.1) is 6.92 Å². The molecule has 0 aliphatic carbocycles. The minimum atomic E-state index is -3.39. The van der Waals surface area contributed by atoms with Crippen molar-refractivity contribution in [3.63, 3.8) is 0 Å². The van der Waals surface area contributed by atoms with Gasteiger partial charge < -0.3 is 4.90 Å². The van der Waals surface area contributed by atoms with Gasteiger partial charge >= 0.3 is 0 Å². The van der Waals surface area contributed by atoms with Gasteiger partial charge in [0.05, 0.1) is 4.90 Å². The normalized spacial score (nSPS) is 18.3. The summed E-state index contributed by atoms with van der Waals surface area (Å²) in [6.45, 7) is 7.15. The summed E-state index contributed by atoms with van der Waals surface area (Å²) >= 11 is 0. The van der Waals surface area contributed by atoms with E-state index in [0.29, 0.717) is 4.90 Å². The quantitative estimate of drug-likeness (QED) is 0.875. The maximum atomic E-state index is 12.2. The molecular formula is C15H24N2O2S. The van der Waals surface area contributed by atoms with E-state index in [0.717, 1.165) is 31.6 Å². The van der Waals surface area contributed by atoms with Gasteiger partial charge in [0.15, 0.2) is 0 Å². The van der Waals surface area contributed by atoms with Crippen LogP contribution in [0.1, 0.15) is 31.7 Å². The van der Waals surface area contributed by atoms with E-state index < -0.39 is 10.0 Å². The molecule has 0 spiro atoms. The fraction of sp³-hybridized carbons (Fsp3) is 0.600. The minimum absolute atomic E-state index is 0.0399. The van der Waals surface area contributed by atoms with Crippen molar-refractivity contribution in [1.82, 2.24) is 9.62 Å². The average Bonchev–Trinajstić information content (AvgIpc) is 2.89. The van der Waals surface area contributed by atoms with E-state index in [2.05, 4.69) is 9.62 Å². The van der Waals surface area contributed by atoms with Gasteiger partial charge in [-0.2, -0.15) is 0 Å². The number of likely N-dealkylation sites (tertiary alicyclic amines) is 1. The van der Waals surface area contributed by atoms with Gasteiger partial charge in [0.1, 0.15) is 0 Å². The van der Waals surface area contributed by atoms with Crippen molar-refractivity contribution in [1.29, 1.82) is 0 Å². The van der Waals surface area contributed by atoms with Crippen LogP contribution in [-0.4, -0.2) is 39.0 Å². The maximum Gasteiger partial charge on any atom is 0.240 e. The molecule has 0 amide bonds. The summed E-state index contributed by atoms with van der Waals surface area (Å²) in [6.07, 6.45) is 3.39. The molecule has 1 atom stereocenters. The van der Waals surface area contributed by atoms with Crippen LogP contribution in [-0.2, 0) is 10.0 Å². The molecule has 1 N–H and O–H groups in total. The first-order valence-corrected chi connectivity index (χ1v) is 8.77. The van der Waals surface area contributed by atoms with Gasteiger partial charge in [-0.05, 0) is 64.9 Å². The van der Waals surface area contributed by atoms with E-state index in [4.69, 9.17) is 0 Å². The van der Waals surface area contributed by atoms with Gasteiger partial charge in [-0.3, -0.25) is 0 Å². The first-order chi connectivity index (χ1) is 9.47. The molecule has 1 heterocycles. The average molecular weight is 296 g/mol. The van der Waals surface area contributed by atoms with E-state index in [1.165, 1.54) is 12.8 Å². The van der Waals surface area contributed by atoms with Crippen molar-refractivity contribution in [2.24, 2.45) is 0 Å². The fourth-order valence-electron chi connectivity index (χ4n) is 2.49.